The number of hydrogen-bond donors (Lipinski definition) is 1. The van der Waals surface area contributed by atoms with E-state index in [4.69, 9.17) is 11.6 Å². The number of hydrogen-bond acceptors (Lipinski definition) is 4. The van der Waals surface area contributed by atoms with E-state index in [9.17, 15) is 14.4 Å². The van der Waals surface area contributed by atoms with E-state index in [2.05, 4.69) is 10.2 Å². The number of nitrogens with one attached hydrogen (secondary N) is 1. The summed E-state index contributed by atoms with van der Waals surface area (Å²) in [6.07, 6.45) is 1.69. The Hall–Kier alpha value is -2.70. The topological polar surface area (TPSA) is 69.7 Å². The summed E-state index contributed by atoms with van der Waals surface area (Å²) >= 11 is 6.39. The van der Waals surface area contributed by atoms with Gasteiger partial charge in [0, 0.05) is 11.6 Å². The van der Waals surface area contributed by atoms with E-state index in [-0.39, 0.29) is 23.8 Å². The third-order valence-corrected chi connectivity index (χ3v) is 7.55. The molecule has 6 nitrogen and oxygen atoms in total. The maximum Gasteiger partial charge on any atom is 0.250 e. The van der Waals surface area contributed by atoms with Crippen molar-refractivity contribution in [2.24, 2.45) is 11.8 Å². The van der Waals surface area contributed by atoms with Gasteiger partial charge in [-0.1, -0.05) is 35.9 Å². The summed E-state index contributed by atoms with van der Waals surface area (Å²) in [4.78, 5) is 44.4. The van der Waals surface area contributed by atoms with Crippen LogP contribution in [0.15, 0.2) is 42.5 Å². The van der Waals surface area contributed by atoms with Crippen molar-refractivity contribution >= 4 is 40.7 Å². The van der Waals surface area contributed by atoms with Crippen molar-refractivity contribution in [3.8, 4) is 0 Å². The minimum atomic E-state index is -1.18. The molecule has 0 saturated carbocycles. The summed E-state index contributed by atoms with van der Waals surface area (Å²) in [6, 6.07) is 12.7. The molecule has 0 unspecified atom stereocenters. The van der Waals surface area contributed by atoms with E-state index in [1.54, 1.807) is 18.2 Å². The van der Waals surface area contributed by atoms with Gasteiger partial charge in [0.25, 0.3) is 5.91 Å². The first-order valence-corrected chi connectivity index (χ1v) is 10.7. The molecule has 4 atom stereocenters. The van der Waals surface area contributed by atoms with Gasteiger partial charge in [0.05, 0.1) is 28.2 Å². The second-order valence-electron chi connectivity index (χ2n) is 8.64. The number of carbonyl (C=O) groups excluding carboxylic acids is 3. The number of para-hydroxylation sites is 1. The van der Waals surface area contributed by atoms with Crippen molar-refractivity contribution in [2.75, 3.05) is 16.8 Å². The average molecular weight is 422 g/mol. The number of anilines is 2. The predicted molar refractivity (Wildman–Crippen MR) is 112 cm³/mol. The highest BCUT2D eigenvalue weighted by molar-refractivity contribution is 6.35. The zero-order valence-electron chi connectivity index (χ0n) is 16.4. The minimum absolute atomic E-state index is 0.128. The van der Waals surface area contributed by atoms with Crippen LogP contribution in [0, 0.1) is 18.8 Å². The molecule has 6 rings (SSSR count). The lowest BCUT2D eigenvalue weighted by Crippen LogP contribution is -2.54. The fourth-order valence-corrected chi connectivity index (χ4v) is 6.44. The van der Waals surface area contributed by atoms with Gasteiger partial charge in [-0.2, -0.15) is 0 Å². The van der Waals surface area contributed by atoms with Crippen molar-refractivity contribution in [1.82, 2.24) is 4.90 Å². The molecule has 3 amide bonds. The van der Waals surface area contributed by atoms with Crippen LogP contribution in [0.5, 0.6) is 0 Å². The molecule has 0 aliphatic carbocycles. The van der Waals surface area contributed by atoms with Crippen molar-refractivity contribution in [2.45, 2.75) is 31.3 Å². The minimum Gasteiger partial charge on any atom is -0.323 e. The van der Waals surface area contributed by atoms with Gasteiger partial charge in [-0.25, -0.2) is 4.90 Å². The molecular weight excluding hydrogens is 402 g/mol. The normalized spacial score (nSPS) is 32.0. The van der Waals surface area contributed by atoms with Gasteiger partial charge in [0.2, 0.25) is 11.8 Å². The number of benzene rings is 2. The van der Waals surface area contributed by atoms with E-state index < -0.39 is 17.4 Å². The maximum atomic E-state index is 13.8. The van der Waals surface area contributed by atoms with E-state index >= 15 is 0 Å². The Labute approximate surface area is 178 Å². The zero-order valence-corrected chi connectivity index (χ0v) is 17.1. The van der Waals surface area contributed by atoms with Crippen LogP contribution in [0.4, 0.5) is 11.4 Å². The summed E-state index contributed by atoms with van der Waals surface area (Å²) in [5, 5.41) is 3.38. The monoisotopic (exact) mass is 421 g/mol. The van der Waals surface area contributed by atoms with Crippen LogP contribution in [-0.4, -0.2) is 35.2 Å². The molecular formula is C23H20ClN3O3. The first kappa shape index (κ1) is 18.1. The first-order chi connectivity index (χ1) is 14.5. The van der Waals surface area contributed by atoms with Crippen molar-refractivity contribution in [1.29, 1.82) is 0 Å². The molecule has 0 aromatic heterocycles. The van der Waals surface area contributed by atoms with Gasteiger partial charge < -0.3 is 5.32 Å². The maximum absolute atomic E-state index is 13.8. The van der Waals surface area contributed by atoms with E-state index in [1.807, 2.05) is 31.2 Å². The highest BCUT2D eigenvalue weighted by Crippen LogP contribution is 2.61. The standard InChI is InChI=1S/C23H20ClN3O3/c1-12-5-2-6-13(11-12)27-20(28)17-16-9-4-10-26(16)23(18(17)21(27)29)14-7-3-8-15(24)19(14)25-22(23)30/h2-3,5-8,11,16-18H,4,9-10H2,1H3,(H,25,30)/t16-,17+,18-,23+/m0/s1. The Morgan fingerprint density at radius 1 is 1.10 bits per heavy atom. The van der Waals surface area contributed by atoms with E-state index in [0.717, 1.165) is 18.4 Å². The smallest absolute Gasteiger partial charge is 0.250 e. The Kier molecular flexibility index (Phi) is 3.58. The van der Waals surface area contributed by atoms with Crippen LogP contribution < -0.4 is 10.2 Å². The van der Waals surface area contributed by atoms with Gasteiger partial charge >= 0.3 is 0 Å². The SMILES string of the molecule is Cc1cccc(N2C(=O)[C@H]3[C@@H](C2=O)[C@]2(C(=O)Nc4c(Cl)cccc42)N2CCC[C@@H]32)c1. The largest absolute Gasteiger partial charge is 0.323 e. The number of nitrogens with zero attached hydrogens (tertiary/aromatic N) is 2. The van der Waals surface area contributed by atoms with E-state index in [0.29, 0.717) is 28.5 Å². The second-order valence-corrected chi connectivity index (χ2v) is 9.05. The number of imide groups is 1. The molecule has 7 heteroatoms. The van der Waals surface area contributed by atoms with Crippen molar-refractivity contribution in [3.05, 3.63) is 58.6 Å². The number of fused-ring (bicyclic) bond motifs is 7. The average Bonchev–Trinajstić information content (AvgIpc) is 3.41. The van der Waals surface area contributed by atoms with Gasteiger partial charge in [-0.05, 0) is 50.1 Å². The number of halogens is 1. The molecule has 3 saturated heterocycles. The van der Waals surface area contributed by atoms with E-state index in [1.165, 1.54) is 4.90 Å². The Morgan fingerprint density at radius 3 is 2.70 bits per heavy atom. The second kappa shape index (κ2) is 5.93. The Bertz CT molecular complexity index is 1150. The van der Waals surface area contributed by atoms with Crippen LogP contribution in [0.3, 0.4) is 0 Å². The molecule has 1 N–H and O–H groups in total. The summed E-state index contributed by atoms with van der Waals surface area (Å²) in [7, 11) is 0. The number of carbonyl (C=O) groups is 3. The third-order valence-electron chi connectivity index (χ3n) is 7.24. The van der Waals surface area contributed by atoms with Gasteiger partial charge in [0.1, 0.15) is 5.54 Å². The van der Waals surface area contributed by atoms with Crippen molar-refractivity contribution < 1.29 is 14.4 Å². The molecule has 30 heavy (non-hydrogen) atoms. The summed E-state index contributed by atoms with van der Waals surface area (Å²) in [6.45, 7) is 2.61. The fraction of sp³-hybridized carbons (Fsp3) is 0.348. The number of rotatable bonds is 1. The summed E-state index contributed by atoms with van der Waals surface area (Å²) in [5.41, 5.74) is 1.63. The van der Waals surface area contributed by atoms with Crippen LogP contribution >= 0.6 is 11.6 Å². The quantitative estimate of drug-likeness (QED) is 0.718. The predicted octanol–water partition coefficient (Wildman–Crippen LogP) is 3.08. The first-order valence-electron chi connectivity index (χ1n) is 10.3. The molecule has 4 aliphatic heterocycles. The van der Waals surface area contributed by atoms with Gasteiger partial charge in [0.15, 0.2) is 0 Å². The Balaban J connectivity index is 1.57. The molecule has 1 spiro atoms. The van der Waals surface area contributed by atoms with Gasteiger partial charge in [-0.3, -0.25) is 19.3 Å². The summed E-state index contributed by atoms with van der Waals surface area (Å²) in [5.74, 6) is -2.04. The lowest BCUT2D eigenvalue weighted by Gasteiger charge is -2.36. The molecule has 2 aromatic carbocycles. The molecule has 2 aromatic rings. The number of amides is 3. The molecule has 0 bridgehead atoms. The highest BCUT2D eigenvalue weighted by Gasteiger charge is 2.74. The van der Waals surface area contributed by atoms with Gasteiger partial charge in [-0.15, -0.1) is 0 Å². The molecule has 0 radical (unpaired) electrons. The lowest BCUT2D eigenvalue weighted by atomic mass is 9.75. The summed E-state index contributed by atoms with van der Waals surface area (Å²) < 4.78 is 0. The third kappa shape index (κ3) is 1.96. The molecule has 152 valence electrons. The van der Waals surface area contributed by atoms with Crippen LogP contribution in [0.1, 0.15) is 24.0 Å². The van der Waals surface area contributed by atoms with Crippen molar-refractivity contribution in [3.63, 3.8) is 0 Å². The molecule has 4 aliphatic rings. The van der Waals surface area contributed by atoms with Crippen LogP contribution in [0.2, 0.25) is 5.02 Å². The van der Waals surface area contributed by atoms with Crippen LogP contribution in [-0.2, 0) is 19.9 Å². The lowest BCUT2D eigenvalue weighted by molar-refractivity contribution is -0.135. The molecule has 3 fully saturated rings. The zero-order chi connectivity index (χ0) is 20.8. The molecule has 4 heterocycles. The number of aryl methyl sites for hydroxylation is 1. The van der Waals surface area contributed by atoms with Crippen LogP contribution in [0.25, 0.3) is 0 Å². The highest BCUT2D eigenvalue weighted by atomic mass is 35.5. The fourth-order valence-electron chi connectivity index (χ4n) is 6.22. The Morgan fingerprint density at radius 2 is 1.90 bits per heavy atom.